The molecule has 1 aromatic carbocycles. The van der Waals surface area contributed by atoms with E-state index in [0.717, 1.165) is 29.9 Å². The smallest absolute Gasteiger partial charge is 0.275 e. The fourth-order valence-corrected chi connectivity index (χ4v) is 4.63. The Bertz CT molecular complexity index is 724. The van der Waals surface area contributed by atoms with Crippen molar-refractivity contribution in [3.63, 3.8) is 0 Å². The summed E-state index contributed by atoms with van der Waals surface area (Å²) in [5.41, 5.74) is 1.53. The molecule has 0 radical (unpaired) electrons. The highest BCUT2D eigenvalue weighted by molar-refractivity contribution is 6.05. The minimum absolute atomic E-state index is 0. The van der Waals surface area contributed by atoms with E-state index in [1.807, 2.05) is 24.3 Å². The molecule has 5 heterocycles. The zero-order chi connectivity index (χ0) is 24.0. The summed E-state index contributed by atoms with van der Waals surface area (Å²) in [6, 6.07) is 8.65. The zero-order valence-electron chi connectivity index (χ0n) is 16.0. The lowest BCUT2D eigenvalue weighted by molar-refractivity contribution is -0.0636. The van der Waals surface area contributed by atoms with Crippen molar-refractivity contribution < 1.29 is 55.2 Å². The second kappa shape index (κ2) is 17.0. The number of rotatable bonds is 1. The maximum atomic E-state index is 13.0. The first-order chi connectivity index (χ1) is 15.3. The van der Waals surface area contributed by atoms with E-state index < -0.39 is 0 Å². The number of nitrogens with zero attached hydrogens (tertiary/aromatic N) is 3. The summed E-state index contributed by atoms with van der Waals surface area (Å²) in [4.78, 5) is 17.7. The molecule has 4 aliphatic heterocycles. The molecule has 1 N–H and O–H groups in total. The van der Waals surface area contributed by atoms with Crippen LogP contribution in [-0.2, 0) is 0 Å². The van der Waals surface area contributed by atoms with Crippen molar-refractivity contribution in [3.8, 4) is 0 Å². The van der Waals surface area contributed by atoms with Crippen LogP contribution in [0.1, 0.15) is 23.3 Å². The molecule has 2 aromatic rings. The Morgan fingerprint density at radius 3 is 1.84 bits per heavy atom. The summed E-state index contributed by atoms with van der Waals surface area (Å²) in [7, 11) is 0. The number of carbonyl (C=O) groups is 1. The molecule has 32 heavy (non-hydrogen) atoms. The fraction of sp³-hybridized carbons (Fsp3) is 0.500. The first kappa shape index (κ1) is 31.5. The highest BCUT2D eigenvalue weighted by atomic mass is 20.0. The Kier molecular flexibility index (Phi) is 16.7. The summed E-state index contributed by atoms with van der Waals surface area (Å²) < 4.78 is 80.0. The van der Waals surface area contributed by atoms with Gasteiger partial charge in [-0.05, 0) is 24.8 Å². The molecular formula is C16H19F11N4O. The van der Waals surface area contributed by atoms with Crippen molar-refractivity contribution in [2.75, 3.05) is 19.6 Å². The van der Waals surface area contributed by atoms with E-state index in [1.165, 1.54) is 19.4 Å². The predicted octanol–water partition coefficient (Wildman–Crippen LogP) is 5.84. The Hall–Kier alpha value is -2.65. The molecule has 2 atom stereocenters. The van der Waals surface area contributed by atoms with E-state index in [1.54, 1.807) is 0 Å². The lowest BCUT2D eigenvalue weighted by Gasteiger charge is -2.57. The second-order valence-corrected chi connectivity index (χ2v) is 6.69. The lowest BCUT2D eigenvalue weighted by Crippen LogP contribution is -2.68. The van der Waals surface area contributed by atoms with E-state index in [0.29, 0.717) is 17.8 Å². The molecule has 1 amide bonds. The summed E-state index contributed by atoms with van der Waals surface area (Å²) >= 11 is 0. The van der Waals surface area contributed by atoms with Gasteiger partial charge < -0.3 is 4.90 Å². The van der Waals surface area contributed by atoms with Crippen molar-refractivity contribution in [1.82, 2.24) is 20.0 Å². The van der Waals surface area contributed by atoms with Crippen LogP contribution in [0, 0.1) is 5.92 Å². The van der Waals surface area contributed by atoms with Crippen LogP contribution in [0.5, 0.6) is 0 Å². The molecule has 16 heteroatoms. The molecule has 0 spiro atoms. The Balaban J connectivity index is 0. The van der Waals surface area contributed by atoms with Crippen LogP contribution < -0.4 is 0 Å². The van der Waals surface area contributed by atoms with Crippen LogP contribution in [0.4, 0.5) is 50.4 Å². The second-order valence-electron chi connectivity index (χ2n) is 6.69. The number of aromatic nitrogens is 2. The molecule has 4 saturated heterocycles. The van der Waals surface area contributed by atoms with E-state index in [-0.39, 0.29) is 10.6 Å². The van der Waals surface area contributed by atoms with Gasteiger partial charge in [0.05, 0.1) is 5.52 Å². The molecule has 6 rings (SSSR count). The maximum Gasteiger partial charge on any atom is 0.275 e. The average Bonchev–Trinajstić information content (AvgIpc) is 3.29. The average molecular weight is 492 g/mol. The number of H-pyrrole nitrogens is 1. The van der Waals surface area contributed by atoms with Crippen molar-refractivity contribution in [1.29, 1.82) is 0 Å². The van der Waals surface area contributed by atoms with Gasteiger partial charge in [-0.2, -0.15) is 5.10 Å². The molecule has 186 valence electrons. The largest absolute Gasteiger partial charge is 0.329 e. The first-order valence-electron chi connectivity index (χ1n) is 8.49. The number of piperidine rings is 3. The van der Waals surface area contributed by atoms with Gasteiger partial charge in [-0.25, -0.2) is 0 Å². The number of amides is 1. The Morgan fingerprint density at radius 2 is 1.34 bits per heavy atom. The maximum absolute atomic E-state index is 13.0. The minimum atomic E-state index is 0. The molecule has 2 unspecified atom stereocenters. The topological polar surface area (TPSA) is 52.2 Å². The number of piperazine rings is 1. The number of fused-ring (bicyclic) bond motifs is 1. The van der Waals surface area contributed by atoms with Gasteiger partial charge in [-0.15, -0.1) is 0 Å². The van der Waals surface area contributed by atoms with Crippen molar-refractivity contribution in [2.45, 2.75) is 24.9 Å². The van der Waals surface area contributed by atoms with Gasteiger partial charge in [-0.3, -0.25) is 19.5 Å². The summed E-state index contributed by atoms with van der Waals surface area (Å²) in [5, 5.41) is 8.22. The molecule has 0 saturated carbocycles. The van der Waals surface area contributed by atoms with Gasteiger partial charge in [0.25, 0.3) is 5.91 Å². The van der Waals surface area contributed by atoms with Crippen LogP contribution in [-0.4, -0.2) is 57.6 Å². The molecular weight excluding hydrogens is 473 g/mol. The number of benzene rings is 1. The fourth-order valence-electron chi connectivity index (χ4n) is 4.63. The summed E-state index contributed by atoms with van der Waals surface area (Å²) in [5.74, 6) is 0.907. The molecule has 0 aliphatic carbocycles. The highest BCUT2D eigenvalue weighted by Gasteiger charge is 2.48. The number of nitrogens with one attached hydrogen (secondary N) is 1. The third-order valence-electron chi connectivity index (χ3n) is 5.36. The van der Waals surface area contributed by atoms with E-state index in [4.69, 9.17) is 45.7 Å². The van der Waals surface area contributed by atoms with E-state index in [9.17, 15) is 4.79 Å². The third kappa shape index (κ3) is 6.67. The Labute approximate surface area is 173 Å². The van der Waals surface area contributed by atoms with Gasteiger partial charge in [0, 0.05) is 82.8 Å². The number of carbonyl (C=O) groups excluding carboxylic acids is 1. The highest BCUT2D eigenvalue weighted by Crippen LogP contribution is 2.39. The third-order valence-corrected chi connectivity index (χ3v) is 5.36. The summed E-state index contributed by atoms with van der Waals surface area (Å²) in [6.45, 7) is 3.32. The first-order valence-corrected chi connectivity index (χ1v) is 8.49. The predicted molar refractivity (Wildman–Crippen MR) is 92.6 cm³/mol. The van der Waals surface area contributed by atoms with Gasteiger partial charge >= 0.3 is 0 Å². The molecule has 5 nitrogen and oxygen atoms in total. The number of hydrogen-bond acceptors (Lipinski definition) is 3. The van der Waals surface area contributed by atoms with E-state index in [2.05, 4.69) is 20.0 Å². The van der Waals surface area contributed by atoms with Crippen molar-refractivity contribution >= 4 is 16.8 Å². The minimum Gasteiger partial charge on any atom is -0.329 e. The number of aromatic amines is 1. The zero-order valence-corrected chi connectivity index (χ0v) is 16.0. The standard InChI is InChI=1S/C16H18N4O.5F2.FH/c21-16(15-13-3-1-2-4-14(13)17-18-15)20-11-5-10-6-12(20)9-19(7-10)8-11;5*1-2;/h1-4,10-12H,5-9H2,(H,17,18);;;;;;1H. The molecule has 4 fully saturated rings. The van der Waals surface area contributed by atoms with Crippen LogP contribution in [0.3, 0.4) is 0 Å². The van der Waals surface area contributed by atoms with Gasteiger partial charge in [-0.1, -0.05) is 18.2 Å². The van der Waals surface area contributed by atoms with Crippen molar-refractivity contribution in [3.05, 3.63) is 30.0 Å². The molecule has 4 aliphatic rings. The van der Waals surface area contributed by atoms with Gasteiger partial charge in [0.1, 0.15) is 0 Å². The van der Waals surface area contributed by atoms with Gasteiger partial charge in [0.2, 0.25) is 0 Å². The molecule has 4 bridgehead atoms. The van der Waals surface area contributed by atoms with Gasteiger partial charge in [0.15, 0.2) is 5.69 Å². The van der Waals surface area contributed by atoms with E-state index >= 15 is 0 Å². The quantitative estimate of drug-likeness (QED) is 0.510. The van der Waals surface area contributed by atoms with Crippen LogP contribution in [0.2, 0.25) is 0 Å². The number of para-hydroxylation sites is 1. The number of halogens is 11. The van der Waals surface area contributed by atoms with Crippen LogP contribution in [0.15, 0.2) is 24.3 Å². The van der Waals surface area contributed by atoms with Crippen LogP contribution in [0.25, 0.3) is 10.9 Å². The monoisotopic (exact) mass is 492 g/mol. The summed E-state index contributed by atoms with van der Waals surface area (Å²) in [6.07, 6.45) is 2.34. The van der Waals surface area contributed by atoms with Crippen molar-refractivity contribution in [2.24, 2.45) is 5.92 Å². The SMILES string of the molecule is F.FF.FF.FF.FF.FF.O=C(c1n[nH]c2ccccc12)N1C2CC3CC1CN(C3)C2. The lowest BCUT2D eigenvalue weighted by atomic mass is 9.78. The molecule has 1 aromatic heterocycles. The normalized spacial score (nSPS) is 23.1. The van der Waals surface area contributed by atoms with Crippen LogP contribution >= 0.6 is 0 Å². The number of hydrogen-bond donors (Lipinski definition) is 1. The Morgan fingerprint density at radius 1 is 0.844 bits per heavy atom.